The third kappa shape index (κ3) is 3.26. The molecule has 1 heterocycles. The van der Waals surface area contributed by atoms with Crippen LogP contribution >= 0.6 is 0 Å². The number of rotatable bonds is 6. The van der Waals surface area contributed by atoms with E-state index in [-0.39, 0.29) is 47.9 Å². The number of hydrogen-bond acceptors (Lipinski definition) is 4. The Morgan fingerprint density at radius 1 is 0.778 bits per heavy atom. The van der Waals surface area contributed by atoms with Crippen LogP contribution in [0.25, 0.3) is 11.1 Å². The molecule has 1 saturated heterocycles. The van der Waals surface area contributed by atoms with Crippen molar-refractivity contribution in [2.24, 2.45) is 35.5 Å². The quantitative estimate of drug-likeness (QED) is 0.280. The van der Waals surface area contributed by atoms with Crippen molar-refractivity contribution >= 4 is 23.3 Å². The second-order valence-corrected chi connectivity index (χ2v) is 10.3. The number of anilines is 1. The van der Waals surface area contributed by atoms with Gasteiger partial charge in [0.05, 0.1) is 17.5 Å². The molecular weight excluding hydrogens is 450 g/mol. The lowest BCUT2D eigenvalue weighted by Gasteiger charge is -2.37. The van der Waals surface area contributed by atoms with E-state index in [1.54, 1.807) is 36.4 Å². The number of amides is 2. The predicted molar refractivity (Wildman–Crippen MR) is 135 cm³/mol. The first kappa shape index (κ1) is 21.3. The van der Waals surface area contributed by atoms with Gasteiger partial charge in [-0.3, -0.25) is 14.4 Å². The molecule has 1 aliphatic heterocycles. The van der Waals surface area contributed by atoms with Gasteiger partial charge >= 0.3 is 0 Å². The number of nitrogens with zero attached hydrogens (tertiary/aromatic N) is 1. The number of benzene rings is 3. The number of ketones is 1. The Hall–Kier alpha value is -3.99. The third-order valence-electron chi connectivity index (χ3n) is 8.42. The van der Waals surface area contributed by atoms with E-state index in [0.717, 1.165) is 17.5 Å². The molecule has 6 atom stereocenters. The lowest BCUT2D eigenvalue weighted by atomic mass is 9.63. The van der Waals surface area contributed by atoms with Crippen LogP contribution in [-0.2, 0) is 9.59 Å². The van der Waals surface area contributed by atoms with Crippen molar-refractivity contribution in [1.82, 2.24) is 0 Å². The molecule has 0 radical (unpaired) electrons. The number of carbonyl (C=O) groups excluding carboxylic acids is 3. The Morgan fingerprint density at radius 2 is 1.42 bits per heavy atom. The second kappa shape index (κ2) is 8.02. The van der Waals surface area contributed by atoms with Gasteiger partial charge in [0.25, 0.3) is 0 Å². The monoisotopic (exact) mass is 475 g/mol. The van der Waals surface area contributed by atoms with Crippen LogP contribution in [0.3, 0.4) is 0 Å². The molecule has 0 N–H and O–H groups in total. The molecule has 0 aromatic heterocycles. The largest absolute Gasteiger partial charge is 0.485 e. The maximum absolute atomic E-state index is 13.4. The molecule has 36 heavy (non-hydrogen) atoms. The summed E-state index contributed by atoms with van der Waals surface area (Å²) in [4.78, 5) is 40.8. The average molecular weight is 476 g/mol. The summed E-state index contributed by atoms with van der Waals surface area (Å²) in [5.41, 5.74) is 3.23. The van der Waals surface area contributed by atoms with Gasteiger partial charge in [-0.2, -0.15) is 0 Å². The molecular formula is C31H25NO4. The van der Waals surface area contributed by atoms with Gasteiger partial charge in [0.15, 0.2) is 12.4 Å². The molecule has 5 aliphatic rings. The van der Waals surface area contributed by atoms with E-state index in [4.69, 9.17) is 4.74 Å². The average Bonchev–Trinajstić information content (AvgIpc) is 3.71. The molecule has 3 aromatic rings. The van der Waals surface area contributed by atoms with Crippen LogP contribution in [0.2, 0.25) is 0 Å². The van der Waals surface area contributed by atoms with E-state index < -0.39 is 0 Å². The highest BCUT2D eigenvalue weighted by Crippen LogP contribution is 2.65. The van der Waals surface area contributed by atoms with Crippen molar-refractivity contribution in [2.75, 3.05) is 11.5 Å². The highest BCUT2D eigenvalue weighted by molar-refractivity contribution is 6.22. The van der Waals surface area contributed by atoms with Crippen LogP contribution in [0.15, 0.2) is 91.0 Å². The molecule has 2 amide bonds. The molecule has 178 valence electrons. The van der Waals surface area contributed by atoms with Crippen LogP contribution in [0.5, 0.6) is 5.75 Å². The Labute approximate surface area is 209 Å². The fourth-order valence-electron chi connectivity index (χ4n) is 6.64. The number of hydrogen-bond donors (Lipinski definition) is 0. The Morgan fingerprint density at radius 3 is 2.08 bits per heavy atom. The van der Waals surface area contributed by atoms with Gasteiger partial charge in [-0.15, -0.1) is 0 Å². The molecule has 2 saturated carbocycles. The molecule has 0 spiro atoms. The number of ether oxygens (including phenoxy) is 1. The fraction of sp³-hybridized carbons (Fsp3) is 0.258. The van der Waals surface area contributed by atoms with Crippen LogP contribution in [0.4, 0.5) is 5.69 Å². The molecule has 3 fully saturated rings. The highest BCUT2D eigenvalue weighted by Gasteiger charge is 2.67. The van der Waals surface area contributed by atoms with E-state index >= 15 is 0 Å². The van der Waals surface area contributed by atoms with Gasteiger partial charge in [0.2, 0.25) is 11.8 Å². The highest BCUT2D eigenvalue weighted by atomic mass is 16.5. The number of imide groups is 1. The summed E-state index contributed by atoms with van der Waals surface area (Å²) < 4.78 is 5.79. The zero-order chi connectivity index (χ0) is 24.4. The van der Waals surface area contributed by atoms with Crippen molar-refractivity contribution in [1.29, 1.82) is 0 Å². The smallest absolute Gasteiger partial charge is 0.238 e. The lowest BCUT2D eigenvalue weighted by molar-refractivity contribution is -0.124. The van der Waals surface area contributed by atoms with E-state index in [9.17, 15) is 14.4 Å². The van der Waals surface area contributed by atoms with Crippen LogP contribution in [-0.4, -0.2) is 24.2 Å². The van der Waals surface area contributed by atoms with E-state index in [2.05, 4.69) is 12.2 Å². The molecule has 0 unspecified atom stereocenters. The van der Waals surface area contributed by atoms with Crippen LogP contribution in [0.1, 0.15) is 16.8 Å². The van der Waals surface area contributed by atoms with Crippen molar-refractivity contribution in [2.45, 2.75) is 6.42 Å². The normalized spacial score (nSPS) is 29.2. The minimum absolute atomic E-state index is 0.0959. The van der Waals surface area contributed by atoms with Gasteiger partial charge < -0.3 is 4.74 Å². The lowest BCUT2D eigenvalue weighted by Crippen LogP contribution is -2.40. The minimum Gasteiger partial charge on any atom is -0.485 e. The molecule has 5 nitrogen and oxygen atoms in total. The Balaban J connectivity index is 1.05. The summed E-state index contributed by atoms with van der Waals surface area (Å²) in [6, 6.07) is 24.4. The molecule has 4 aliphatic carbocycles. The van der Waals surface area contributed by atoms with E-state index in [1.807, 2.05) is 42.5 Å². The summed E-state index contributed by atoms with van der Waals surface area (Å²) in [6.45, 7) is -0.126. The van der Waals surface area contributed by atoms with Gasteiger partial charge in [-0.1, -0.05) is 72.8 Å². The summed E-state index contributed by atoms with van der Waals surface area (Å²) in [5.74, 6) is 1.18. The minimum atomic E-state index is -0.235. The summed E-state index contributed by atoms with van der Waals surface area (Å²) in [7, 11) is 0. The van der Waals surface area contributed by atoms with Crippen molar-refractivity contribution in [3.05, 3.63) is 96.6 Å². The number of Topliss-reactive ketones (excluding diaryl/α,β-unsaturated/α-hetero) is 1. The summed E-state index contributed by atoms with van der Waals surface area (Å²) >= 11 is 0. The molecule has 2 bridgehead atoms. The first-order chi connectivity index (χ1) is 17.6. The van der Waals surface area contributed by atoms with Gasteiger partial charge in [0.1, 0.15) is 5.75 Å². The summed E-state index contributed by atoms with van der Waals surface area (Å²) in [6.07, 6.45) is 5.49. The van der Waals surface area contributed by atoms with Crippen molar-refractivity contribution in [3.8, 4) is 16.9 Å². The second-order valence-electron chi connectivity index (χ2n) is 10.3. The first-order valence-electron chi connectivity index (χ1n) is 12.6. The molecule has 8 rings (SSSR count). The number of carbonyl (C=O) groups is 3. The van der Waals surface area contributed by atoms with Crippen molar-refractivity contribution < 1.29 is 19.1 Å². The van der Waals surface area contributed by atoms with Crippen molar-refractivity contribution in [3.63, 3.8) is 0 Å². The van der Waals surface area contributed by atoms with Crippen LogP contribution < -0.4 is 9.64 Å². The maximum Gasteiger partial charge on any atom is 0.238 e. The SMILES string of the molecule is O=C(COc1cccc(N2C(=O)[C@@H]3[C@H]4C=C[C@@H]([C@@H]5C[C@H]45)[C@H]3C2=O)c1)c1ccc(-c2ccccc2)cc1. The van der Waals surface area contributed by atoms with Gasteiger partial charge in [-0.05, 0) is 53.4 Å². The Kier molecular flexibility index (Phi) is 4.75. The topological polar surface area (TPSA) is 63.7 Å². The van der Waals surface area contributed by atoms with Gasteiger partial charge in [-0.25, -0.2) is 4.90 Å². The van der Waals surface area contributed by atoms with Gasteiger partial charge in [0, 0.05) is 11.6 Å². The van der Waals surface area contributed by atoms with Crippen LogP contribution in [0, 0.1) is 35.5 Å². The summed E-state index contributed by atoms with van der Waals surface area (Å²) in [5, 5.41) is 0. The zero-order valence-corrected chi connectivity index (χ0v) is 19.6. The Bertz CT molecular complexity index is 1370. The maximum atomic E-state index is 13.4. The zero-order valence-electron chi connectivity index (χ0n) is 19.6. The standard InChI is InChI=1S/C31H25NO4/c33-27(20-11-9-19(10-12-20)18-5-2-1-3-6-18)17-36-22-8-4-7-21(15-22)32-30(34)28-23-13-14-24(26-16-25(23)26)29(28)31(32)35/h1-15,23-26,28-29H,16-17H2/t23-,24-,25-,26+,28+,29+/m0/s1. The molecule has 3 aromatic carbocycles. The predicted octanol–water partition coefficient (Wildman–Crippen LogP) is 5.17. The fourth-order valence-corrected chi connectivity index (χ4v) is 6.64. The third-order valence-corrected chi connectivity index (χ3v) is 8.42. The first-order valence-corrected chi connectivity index (χ1v) is 12.6. The van der Waals surface area contributed by atoms with E-state index in [1.165, 1.54) is 4.90 Å². The van der Waals surface area contributed by atoms with E-state index in [0.29, 0.717) is 28.8 Å². The molecule has 5 heteroatoms. The number of allylic oxidation sites excluding steroid dienone is 2.